The quantitative estimate of drug-likeness (QED) is 0.765. The number of hydrogen-bond acceptors (Lipinski definition) is 4. The molecule has 1 aliphatic heterocycles. The summed E-state index contributed by atoms with van der Waals surface area (Å²) in [6, 6.07) is 4.54. The Bertz CT molecular complexity index is 530. The highest BCUT2D eigenvalue weighted by molar-refractivity contribution is 5.97. The van der Waals surface area contributed by atoms with Gasteiger partial charge < -0.3 is 20.5 Å². The van der Waals surface area contributed by atoms with Gasteiger partial charge >= 0.3 is 5.97 Å². The summed E-state index contributed by atoms with van der Waals surface area (Å²) in [5, 5.41) is 14.9. The summed E-state index contributed by atoms with van der Waals surface area (Å²) >= 11 is 0. The van der Waals surface area contributed by atoms with E-state index in [-0.39, 0.29) is 23.6 Å². The third kappa shape index (κ3) is 3.15. The zero-order valence-corrected chi connectivity index (χ0v) is 11.5. The van der Waals surface area contributed by atoms with Crippen molar-refractivity contribution in [3.05, 3.63) is 29.3 Å². The average Bonchev–Trinajstić information content (AvgIpc) is 2.89. The number of aryl methyl sites for hydroxylation is 1. The standard InChI is InChI=1S/C14H18N2O4/c1-8-3-4-9(5-11(8)14(18)19)16-13(17)12-6-10(20-2)7-15-12/h3-5,10,12,15H,6-7H2,1-2H3,(H,16,17)(H,18,19). The van der Waals surface area contributed by atoms with Crippen molar-refractivity contribution in [1.29, 1.82) is 0 Å². The molecule has 3 N–H and O–H groups in total. The van der Waals surface area contributed by atoms with E-state index in [4.69, 9.17) is 9.84 Å². The molecule has 2 rings (SSSR count). The Morgan fingerprint density at radius 2 is 2.20 bits per heavy atom. The van der Waals surface area contributed by atoms with Gasteiger partial charge in [0.2, 0.25) is 5.91 Å². The van der Waals surface area contributed by atoms with Crippen LogP contribution in [0.4, 0.5) is 5.69 Å². The Hall–Kier alpha value is -1.92. The molecular weight excluding hydrogens is 260 g/mol. The van der Waals surface area contributed by atoms with E-state index in [1.807, 2.05) is 0 Å². The van der Waals surface area contributed by atoms with Crippen LogP contribution in [-0.2, 0) is 9.53 Å². The first-order chi connectivity index (χ1) is 9.51. The average molecular weight is 278 g/mol. The van der Waals surface area contributed by atoms with Crippen molar-refractivity contribution in [2.24, 2.45) is 0 Å². The maximum atomic E-state index is 12.1. The summed E-state index contributed by atoms with van der Waals surface area (Å²) in [5.41, 5.74) is 1.34. The molecule has 0 aromatic heterocycles. The van der Waals surface area contributed by atoms with E-state index in [1.165, 1.54) is 6.07 Å². The highest BCUT2D eigenvalue weighted by Crippen LogP contribution is 2.17. The molecule has 6 nitrogen and oxygen atoms in total. The number of carboxylic acids is 1. The molecule has 1 aliphatic rings. The topological polar surface area (TPSA) is 87.7 Å². The number of aromatic carboxylic acids is 1. The second-order valence-corrected chi connectivity index (χ2v) is 4.88. The summed E-state index contributed by atoms with van der Waals surface area (Å²) in [7, 11) is 1.62. The van der Waals surface area contributed by atoms with E-state index in [1.54, 1.807) is 26.2 Å². The summed E-state index contributed by atoms with van der Waals surface area (Å²) in [6.07, 6.45) is 0.651. The van der Waals surface area contributed by atoms with E-state index >= 15 is 0 Å². The van der Waals surface area contributed by atoms with Gasteiger partial charge in [-0.3, -0.25) is 4.79 Å². The normalized spacial score (nSPS) is 21.7. The van der Waals surface area contributed by atoms with Crippen molar-refractivity contribution in [3.8, 4) is 0 Å². The Balaban J connectivity index is 2.05. The lowest BCUT2D eigenvalue weighted by atomic mass is 10.1. The predicted molar refractivity (Wildman–Crippen MR) is 74.0 cm³/mol. The molecule has 1 heterocycles. The molecule has 0 spiro atoms. The minimum Gasteiger partial charge on any atom is -0.478 e. The number of carbonyl (C=O) groups is 2. The molecule has 0 saturated carbocycles. The number of carboxylic acid groups (broad SMARTS) is 1. The Kier molecular flexibility index (Phi) is 4.36. The molecule has 2 unspecified atom stereocenters. The van der Waals surface area contributed by atoms with Gasteiger partial charge in [0.15, 0.2) is 0 Å². The van der Waals surface area contributed by atoms with Gasteiger partial charge in [-0.05, 0) is 31.0 Å². The number of methoxy groups -OCH3 is 1. The number of hydrogen-bond donors (Lipinski definition) is 3. The third-order valence-corrected chi connectivity index (χ3v) is 3.48. The summed E-state index contributed by atoms with van der Waals surface area (Å²) in [6.45, 7) is 2.36. The van der Waals surface area contributed by atoms with Crippen molar-refractivity contribution in [3.63, 3.8) is 0 Å². The van der Waals surface area contributed by atoms with Crippen molar-refractivity contribution in [2.75, 3.05) is 19.0 Å². The SMILES string of the molecule is COC1CNC(C(=O)Nc2ccc(C)c(C(=O)O)c2)C1. The van der Waals surface area contributed by atoms with Gasteiger partial charge in [-0.2, -0.15) is 0 Å². The zero-order chi connectivity index (χ0) is 14.7. The highest BCUT2D eigenvalue weighted by atomic mass is 16.5. The lowest BCUT2D eigenvalue weighted by Crippen LogP contribution is -2.35. The second kappa shape index (κ2) is 6.02. The number of ether oxygens (including phenoxy) is 1. The number of carbonyl (C=O) groups excluding carboxylic acids is 1. The van der Waals surface area contributed by atoms with Crippen molar-refractivity contribution >= 4 is 17.6 Å². The number of nitrogens with one attached hydrogen (secondary N) is 2. The van der Waals surface area contributed by atoms with Crippen LogP contribution in [0.15, 0.2) is 18.2 Å². The van der Waals surface area contributed by atoms with Gasteiger partial charge in [0.25, 0.3) is 0 Å². The number of anilines is 1. The third-order valence-electron chi connectivity index (χ3n) is 3.48. The molecule has 20 heavy (non-hydrogen) atoms. The van der Waals surface area contributed by atoms with E-state index in [0.717, 1.165) is 0 Å². The van der Waals surface area contributed by atoms with Gasteiger partial charge in [0, 0.05) is 19.3 Å². The molecule has 1 aromatic rings. The molecular formula is C14H18N2O4. The number of amides is 1. The monoisotopic (exact) mass is 278 g/mol. The second-order valence-electron chi connectivity index (χ2n) is 4.88. The van der Waals surface area contributed by atoms with Crippen LogP contribution < -0.4 is 10.6 Å². The molecule has 6 heteroatoms. The van der Waals surface area contributed by atoms with Crippen LogP contribution in [0.1, 0.15) is 22.3 Å². The maximum Gasteiger partial charge on any atom is 0.336 e. The molecule has 0 bridgehead atoms. The van der Waals surface area contributed by atoms with Crippen molar-refractivity contribution in [2.45, 2.75) is 25.5 Å². The van der Waals surface area contributed by atoms with Crippen LogP contribution in [0.2, 0.25) is 0 Å². The summed E-state index contributed by atoms with van der Waals surface area (Å²) < 4.78 is 5.19. The molecule has 0 radical (unpaired) electrons. The minimum absolute atomic E-state index is 0.0401. The Morgan fingerprint density at radius 3 is 2.80 bits per heavy atom. The van der Waals surface area contributed by atoms with Gasteiger partial charge in [-0.15, -0.1) is 0 Å². The number of benzene rings is 1. The lowest BCUT2D eigenvalue weighted by Gasteiger charge is -2.12. The highest BCUT2D eigenvalue weighted by Gasteiger charge is 2.29. The van der Waals surface area contributed by atoms with E-state index in [2.05, 4.69) is 10.6 Å². The van der Waals surface area contributed by atoms with Crippen molar-refractivity contribution < 1.29 is 19.4 Å². The predicted octanol–water partition coefficient (Wildman–Crippen LogP) is 1.01. The summed E-state index contributed by atoms with van der Waals surface area (Å²) in [5.74, 6) is -1.18. The van der Waals surface area contributed by atoms with E-state index in [0.29, 0.717) is 24.2 Å². The zero-order valence-electron chi connectivity index (χ0n) is 11.5. The van der Waals surface area contributed by atoms with Crippen LogP contribution in [0.3, 0.4) is 0 Å². The molecule has 1 fully saturated rings. The maximum absolute atomic E-state index is 12.1. The van der Waals surface area contributed by atoms with Gasteiger partial charge in [0.1, 0.15) is 0 Å². The van der Waals surface area contributed by atoms with Gasteiger partial charge in [0.05, 0.1) is 17.7 Å². The summed E-state index contributed by atoms with van der Waals surface area (Å²) in [4.78, 5) is 23.1. The number of rotatable bonds is 4. The molecule has 1 aromatic carbocycles. The van der Waals surface area contributed by atoms with Crippen LogP contribution in [0, 0.1) is 6.92 Å². The molecule has 108 valence electrons. The first-order valence-electron chi connectivity index (χ1n) is 6.42. The smallest absolute Gasteiger partial charge is 0.336 e. The minimum atomic E-state index is -1.00. The van der Waals surface area contributed by atoms with Gasteiger partial charge in [-0.25, -0.2) is 4.79 Å². The van der Waals surface area contributed by atoms with E-state index in [9.17, 15) is 9.59 Å². The lowest BCUT2D eigenvalue weighted by molar-refractivity contribution is -0.118. The molecule has 0 aliphatic carbocycles. The first-order valence-corrected chi connectivity index (χ1v) is 6.42. The fourth-order valence-electron chi connectivity index (χ4n) is 2.24. The van der Waals surface area contributed by atoms with Crippen LogP contribution in [0.5, 0.6) is 0 Å². The van der Waals surface area contributed by atoms with Crippen LogP contribution in [-0.4, -0.2) is 42.8 Å². The Labute approximate surface area is 117 Å². The molecule has 1 saturated heterocycles. The van der Waals surface area contributed by atoms with E-state index < -0.39 is 5.97 Å². The van der Waals surface area contributed by atoms with Crippen LogP contribution >= 0.6 is 0 Å². The first kappa shape index (κ1) is 14.5. The molecule has 1 amide bonds. The van der Waals surface area contributed by atoms with Crippen LogP contribution in [0.25, 0.3) is 0 Å². The van der Waals surface area contributed by atoms with Crippen molar-refractivity contribution in [1.82, 2.24) is 5.32 Å². The fourth-order valence-corrected chi connectivity index (χ4v) is 2.24. The largest absolute Gasteiger partial charge is 0.478 e. The van der Waals surface area contributed by atoms with Gasteiger partial charge in [-0.1, -0.05) is 6.07 Å². The molecule has 2 atom stereocenters. The fraction of sp³-hybridized carbons (Fsp3) is 0.429. The Morgan fingerprint density at radius 1 is 1.45 bits per heavy atom.